The molecule has 1 atom stereocenters. The molecule has 1 unspecified atom stereocenters. The van der Waals surface area contributed by atoms with E-state index in [4.69, 9.17) is 0 Å². The summed E-state index contributed by atoms with van der Waals surface area (Å²) in [7, 11) is 0. The molecule has 2 N–H and O–H groups in total. The molecule has 2 aromatic rings. The predicted octanol–water partition coefficient (Wildman–Crippen LogP) is 3.29. The van der Waals surface area contributed by atoms with Gasteiger partial charge < -0.3 is 10.6 Å². The Morgan fingerprint density at radius 1 is 1.12 bits per heavy atom. The van der Waals surface area contributed by atoms with Gasteiger partial charge in [-0.1, -0.05) is 30.3 Å². The number of hydrogen-bond donors (Lipinski definition) is 2. The number of rotatable bonds is 4. The topological polar surface area (TPSA) is 58.2 Å². The first kappa shape index (κ1) is 16.6. The van der Waals surface area contributed by atoms with Gasteiger partial charge in [0.25, 0.3) is 5.91 Å². The fraction of sp³-hybridized carbons (Fsp3) is 0.263. The van der Waals surface area contributed by atoms with E-state index in [1.807, 2.05) is 36.0 Å². The van der Waals surface area contributed by atoms with Crippen LogP contribution < -0.4 is 10.6 Å². The molecule has 3 rings (SSSR count). The van der Waals surface area contributed by atoms with Gasteiger partial charge in [0, 0.05) is 29.7 Å². The highest BCUT2D eigenvalue weighted by Gasteiger charge is 2.22. The van der Waals surface area contributed by atoms with E-state index < -0.39 is 0 Å². The van der Waals surface area contributed by atoms with Gasteiger partial charge in [-0.2, -0.15) is 0 Å². The number of fused-ring (bicyclic) bond motifs is 1. The van der Waals surface area contributed by atoms with Crippen molar-refractivity contribution in [3.63, 3.8) is 0 Å². The number of nitrogens with one attached hydrogen (secondary N) is 2. The molecule has 0 saturated carbocycles. The molecular weight excluding hydrogens is 320 g/mol. The summed E-state index contributed by atoms with van der Waals surface area (Å²) in [6.45, 7) is 1.96. The standard InChI is InChI=1S/C19H20N2O2S/c1-13(22)20-12-14-6-8-15(9-7-14)19(23)21-17-10-11-24-18-5-3-2-4-16(17)18/h2-9,17H,10-12H2,1H3,(H,20,22)(H,21,23). The van der Waals surface area contributed by atoms with Crippen LogP contribution in [0.3, 0.4) is 0 Å². The van der Waals surface area contributed by atoms with E-state index >= 15 is 0 Å². The summed E-state index contributed by atoms with van der Waals surface area (Å²) >= 11 is 1.84. The summed E-state index contributed by atoms with van der Waals surface area (Å²) < 4.78 is 0. The van der Waals surface area contributed by atoms with Crippen LogP contribution in [-0.4, -0.2) is 17.6 Å². The van der Waals surface area contributed by atoms with Crippen molar-refractivity contribution in [2.75, 3.05) is 5.75 Å². The molecule has 1 aliphatic heterocycles. The Bertz CT molecular complexity index is 743. The molecule has 124 valence electrons. The van der Waals surface area contributed by atoms with Crippen molar-refractivity contribution >= 4 is 23.6 Å². The zero-order chi connectivity index (χ0) is 16.9. The molecule has 0 spiro atoms. The second kappa shape index (κ2) is 7.53. The molecule has 4 nitrogen and oxygen atoms in total. The van der Waals surface area contributed by atoms with Gasteiger partial charge in [0.05, 0.1) is 6.04 Å². The van der Waals surface area contributed by atoms with Gasteiger partial charge in [-0.05, 0) is 35.7 Å². The van der Waals surface area contributed by atoms with E-state index in [-0.39, 0.29) is 17.9 Å². The lowest BCUT2D eigenvalue weighted by Crippen LogP contribution is -2.30. The van der Waals surface area contributed by atoms with Gasteiger partial charge in [0.1, 0.15) is 0 Å². The Balaban J connectivity index is 1.66. The molecule has 0 saturated heterocycles. The van der Waals surface area contributed by atoms with Gasteiger partial charge in [-0.3, -0.25) is 9.59 Å². The molecule has 1 aliphatic rings. The van der Waals surface area contributed by atoms with Crippen LogP contribution in [0.15, 0.2) is 53.4 Å². The Morgan fingerprint density at radius 3 is 2.62 bits per heavy atom. The van der Waals surface area contributed by atoms with E-state index in [1.165, 1.54) is 17.4 Å². The van der Waals surface area contributed by atoms with Crippen molar-refractivity contribution in [2.45, 2.75) is 30.8 Å². The number of carbonyl (C=O) groups excluding carboxylic acids is 2. The van der Waals surface area contributed by atoms with Crippen molar-refractivity contribution in [2.24, 2.45) is 0 Å². The molecule has 0 bridgehead atoms. The fourth-order valence-corrected chi connectivity index (χ4v) is 3.86. The predicted molar refractivity (Wildman–Crippen MR) is 96.0 cm³/mol. The Labute approximate surface area is 146 Å². The van der Waals surface area contributed by atoms with Crippen molar-refractivity contribution in [3.05, 3.63) is 65.2 Å². The zero-order valence-corrected chi connectivity index (χ0v) is 14.4. The van der Waals surface area contributed by atoms with E-state index in [1.54, 1.807) is 12.1 Å². The van der Waals surface area contributed by atoms with Crippen LogP contribution in [0.5, 0.6) is 0 Å². The summed E-state index contributed by atoms with van der Waals surface area (Å²) in [6.07, 6.45) is 0.939. The number of thioether (sulfide) groups is 1. The van der Waals surface area contributed by atoms with Crippen molar-refractivity contribution in [1.82, 2.24) is 10.6 Å². The molecule has 0 aromatic heterocycles. The van der Waals surface area contributed by atoms with Crippen LogP contribution in [0.4, 0.5) is 0 Å². The number of hydrogen-bond acceptors (Lipinski definition) is 3. The largest absolute Gasteiger partial charge is 0.352 e. The molecule has 5 heteroatoms. The second-order valence-electron chi connectivity index (χ2n) is 5.81. The Morgan fingerprint density at radius 2 is 1.88 bits per heavy atom. The zero-order valence-electron chi connectivity index (χ0n) is 13.5. The number of carbonyl (C=O) groups is 2. The molecule has 0 fully saturated rings. The van der Waals surface area contributed by atoms with Gasteiger partial charge >= 0.3 is 0 Å². The van der Waals surface area contributed by atoms with E-state index in [2.05, 4.69) is 22.8 Å². The minimum atomic E-state index is -0.0642. The lowest BCUT2D eigenvalue weighted by atomic mass is 10.0. The third-order valence-electron chi connectivity index (χ3n) is 4.02. The summed E-state index contributed by atoms with van der Waals surface area (Å²) in [5.74, 6) is 0.885. The quantitative estimate of drug-likeness (QED) is 0.898. The normalized spacial score (nSPS) is 16.1. The first-order valence-corrected chi connectivity index (χ1v) is 8.98. The molecule has 1 heterocycles. The first-order chi connectivity index (χ1) is 11.6. The SMILES string of the molecule is CC(=O)NCc1ccc(C(=O)NC2CCSc3ccccc32)cc1. The van der Waals surface area contributed by atoms with Gasteiger partial charge in [-0.25, -0.2) is 0 Å². The Kier molecular flexibility index (Phi) is 5.20. The minimum absolute atomic E-state index is 0.0622. The van der Waals surface area contributed by atoms with Crippen LogP contribution in [0.25, 0.3) is 0 Å². The highest BCUT2D eigenvalue weighted by molar-refractivity contribution is 7.99. The molecule has 2 aromatic carbocycles. The monoisotopic (exact) mass is 340 g/mol. The third kappa shape index (κ3) is 3.97. The van der Waals surface area contributed by atoms with Crippen LogP contribution in [-0.2, 0) is 11.3 Å². The maximum absolute atomic E-state index is 12.5. The third-order valence-corrected chi connectivity index (χ3v) is 5.14. The average molecular weight is 340 g/mol. The van der Waals surface area contributed by atoms with Crippen molar-refractivity contribution in [1.29, 1.82) is 0 Å². The van der Waals surface area contributed by atoms with Gasteiger partial charge in [0.15, 0.2) is 0 Å². The first-order valence-electron chi connectivity index (χ1n) is 7.99. The summed E-state index contributed by atoms with van der Waals surface area (Å²) in [5, 5.41) is 5.88. The van der Waals surface area contributed by atoms with E-state index in [0.29, 0.717) is 12.1 Å². The van der Waals surface area contributed by atoms with Gasteiger partial charge in [0.2, 0.25) is 5.91 Å². The molecule has 2 amide bonds. The van der Waals surface area contributed by atoms with Crippen LogP contribution >= 0.6 is 11.8 Å². The lowest BCUT2D eigenvalue weighted by molar-refractivity contribution is -0.119. The van der Waals surface area contributed by atoms with Crippen molar-refractivity contribution in [3.8, 4) is 0 Å². The highest BCUT2D eigenvalue weighted by Crippen LogP contribution is 2.35. The van der Waals surface area contributed by atoms with E-state index in [9.17, 15) is 9.59 Å². The summed E-state index contributed by atoms with van der Waals surface area (Å²) in [5.41, 5.74) is 2.81. The number of benzene rings is 2. The van der Waals surface area contributed by atoms with Crippen LogP contribution in [0, 0.1) is 0 Å². The Hall–Kier alpha value is -2.27. The minimum Gasteiger partial charge on any atom is -0.352 e. The van der Waals surface area contributed by atoms with E-state index in [0.717, 1.165) is 17.7 Å². The average Bonchev–Trinajstić information content (AvgIpc) is 2.60. The smallest absolute Gasteiger partial charge is 0.251 e. The van der Waals surface area contributed by atoms with Gasteiger partial charge in [-0.15, -0.1) is 11.8 Å². The molecule has 0 aliphatic carbocycles. The highest BCUT2D eigenvalue weighted by atomic mass is 32.2. The molecule has 24 heavy (non-hydrogen) atoms. The maximum atomic E-state index is 12.5. The number of amides is 2. The molecular formula is C19H20N2O2S. The maximum Gasteiger partial charge on any atom is 0.251 e. The lowest BCUT2D eigenvalue weighted by Gasteiger charge is -2.25. The summed E-state index contributed by atoms with van der Waals surface area (Å²) in [6, 6.07) is 15.6. The van der Waals surface area contributed by atoms with Crippen LogP contribution in [0.2, 0.25) is 0 Å². The van der Waals surface area contributed by atoms with Crippen LogP contribution in [0.1, 0.15) is 40.9 Å². The second-order valence-corrected chi connectivity index (χ2v) is 6.94. The molecule has 0 radical (unpaired) electrons. The van der Waals surface area contributed by atoms with Crippen molar-refractivity contribution < 1.29 is 9.59 Å². The summed E-state index contributed by atoms with van der Waals surface area (Å²) in [4.78, 5) is 24.7. The fourth-order valence-electron chi connectivity index (χ4n) is 2.73.